The highest BCUT2D eigenvalue weighted by Gasteiger charge is 2.05. The van der Waals surface area contributed by atoms with E-state index in [2.05, 4.69) is 14.7 Å². The molecule has 0 atom stereocenters. The molecule has 0 saturated heterocycles. The molecule has 2 heterocycles. The van der Waals surface area contributed by atoms with E-state index >= 15 is 0 Å². The minimum Gasteiger partial charge on any atom is -0.314 e. The van der Waals surface area contributed by atoms with Crippen LogP contribution >= 0.6 is 0 Å². The number of nitrogens with zero attached hydrogens (tertiary/aromatic N) is 2. The Balaban J connectivity index is 0.000000280. The summed E-state index contributed by atoms with van der Waals surface area (Å²) in [6, 6.07) is 6.05. The summed E-state index contributed by atoms with van der Waals surface area (Å²) in [5.74, 6) is 0. The molecule has 0 radical (unpaired) electrons. The van der Waals surface area contributed by atoms with Gasteiger partial charge in [0.15, 0.2) is 0 Å². The van der Waals surface area contributed by atoms with Gasteiger partial charge in [0.25, 0.3) is 0 Å². The summed E-state index contributed by atoms with van der Waals surface area (Å²) >= 11 is 0. The molecule has 0 spiro atoms. The third kappa shape index (κ3) is 4.41. The molecule has 0 amide bonds. The molecule has 0 aromatic carbocycles. The number of fused-ring (bicyclic) bond motifs is 1. The molecule has 0 fully saturated rings. The van der Waals surface area contributed by atoms with Crippen molar-refractivity contribution in [3.8, 4) is 0 Å². The van der Waals surface area contributed by atoms with Gasteiger partial charge in [-0.25, -0.2) is 4.98 Å². The normalized spacial score (nSPS) is 11.1. The standard InChI is InChI=1S/C10H13N3.H2O4S/c1-8-9(7-11-2)13-6-4-3-5-10(13)12-8;1-5(2,3)4/h3-6,11H,7H2,1-2H3;(H2,1,2,3,4). The number of pyridine rings is 1. The van der Waals surface area contributed by atoms with Crippen LogP contribution in [0.25, 0.3) is 5.65 Å². The summed E-state index contributed by atoms with van der Waals surface area (Å²) in [6.07, 6.45) is 2.04. The van der Waals surface area contributed by atoms with Gasteiger partial charge >= 0.3 is 10.4 Å². The largest absolute Gasteiger partial charge is 0.394 e. The highest BCUT2D eigenvalue weighted by molar-refractivity contribution is 7.79. The van der Waals surface area contributed by atoms with Crippen molar-refractivity contribution < 1.29 is 17.5 Å². The molecule has 18 heavy (non-hydrogen) atoms. The summed E-state index contributed by atoms with van der Waals surface area (Å²) < 4.78 is 33.7. The molecule has 3 N–H and O–H groups in total. The summed E-state index contributed by atoms with van der Waals surface area (Å²) in [7, 11) is -2.72. The van der Waals surface area contributed by atoms with E-state index in [-0.39, 0.29) is 0 Å². The monoisotopic (exact) mass is 273 g/mol. The topological polar surface area (TPSA) is 104 Å². The first-order valence-corrected chi connectivity index (χ1v) is 6.49. The van der Waals surface area contributed by atoms with E-state index in [0.717, 1.165) is 17.9 Å². The van der Waals surface area contributed by atoms with E-state index in [0.29, 0.717) is 0 Å². The Hall–Kier alpha value is -1.48. The third-order valence-electron chi connectivity index (χ3n) is 2.17. The molecule has 0 aliphatic rings. The maximum absolute atomic E-state index is 8.74. The fourth-order valence-electron chi connectivity index (χ4n) is 1.54. The van der Waals surface area contributed by atoms with Crippen LogP contribution in [0.2, 0.25) is 0 Å². The Morgan fingerprint density at radius 3 is 2.56 bits per heavy atom. The van der Waals surface area contributed by atoms with Crippen molar-refractivity contribution in [1.82, 2.24) is 14.7 Å². The van der Waals surface area contributed by atoms with Crippen LogP contribution in [-0.2, 0) is 16.9 Å². The van der Waals surface area contributed by atoms with Crippen molar-refractivity contribution in [3.63, 3.8) is 0 Å². The zero-order valence-electron chi connectivity index (χ0n) is 10.0. The molecule has 2 rings (SSSR count). The fraction of sp³-hybridized carbons (Fsp3) is 0.300. The van der Waals surface area contributed by atoms with Gasteiger partial charge < -0.3 is 9.72 Å². The Labute approximate surface area is 105 Å². The van der Waals surface area contributed by atoms with Crippen LogP contribution in [0, 0.1) is 6.92 Å². The fourth-order valence-corrected chi connectivity index (χ4v) is 1.54. The number of imidazole rings is 1. The zero-order chi connectivity index (χ0) is 13.8. The van der Waals surface area contributed by atoms with Crippen LogP contribution in [0.1, 0.15) is 11.4 Å². The lowest BCUT2D eigenvalue weighted by Crippen LogP contribution is -2.08. The molecule has 2 aromatic heterocycles. The zero-order valence-corrected chi connectivity index (χ0v) is 10.8. The van der Waals surface area contributed by atoms with E-state index in [1.54, 1.807) is 0 Å². The summed E-state index contributed by atoms with van der Waals surface area (Å²) in [6.45, 7) is 2.90. The second-order valence-corrected chi connectivity index (χ2v) is 4.45. The van der Waals surface area contributed by atoms with Crippen LogP contribution in [0.3, 0.4) is 0 Å². The average Bonchev–Trinajstić information content (AvgIpc) is 2.54. The predicted molar refractivity (Wildman–Crippen MR) is 66.9 cm³/mol. The first-order chi connectivity index (χ1) is 8.33. The van der Waals surface area contributed by atoms with Crippen LogP contribution < -0.4 is 5.32 Å². The lowest BCUT2D eigenvalue weighted by atomic mass is 10.3. The van der Waals surface area contributed by atoms with Gasteiger partial charge in [0.2, 0.25) is 0 Å². The first-order valence-electron chi connectivity index (χ1n) is 5.10. The van der Waals surface area contributed by atoms with Crippen molar-refractivity contribution >= 4 is 16.0 Å². The molecule has 0 unspecified atom stereocenters. The van der Waals surface area contributed by atoms with Gasteiger partial charge in [-0.3, -0.25) is 9.11 Å². The molecule has 0 aliphatic heterocycles. The molecule has 0 bridgehead atoms. The molecular formula is C10H15N3O4S. The quantitative estimate of drug-likeness (QED) is 0.696. The number of hydrogen-bond acceptors (Lipinski definition) is 4. The van der Waals surface area contributed by atoms with Gasteiger partial charge in [0.1, 0.15) is 5.65 Å². The van der Waals surface area contributed by atoms with Crippen LogP contribution in [0.15, 0.2) is 24.4 Å². The van der Waals surface area contributed by atoms with Gasteiger partial charge in [0, 0.05) is 12.7 Å². The third-order valence-corrected chi connectivity index (χ3v) is 2.17. The van der Waals surface area contributed by atoms with E-state index in [1.165, 1.54) is 5.69 Å². The van der Waals surface area contributed by atoms with Gasteiger partial charge in [0.05, 0.1) is 11.4 Å². The Morgan fingerprint density at radius 1 is 1.39 bits per heavy atom. The van der Waals surface area contributed by atoms with Crippen molar-refractivity contribution in [1.29, 1.82) is 0 Å². The highest BCUT2D eigenvalue weighted by Crippen LogP contribution is 2.10. The van der Waals surface area contributed by atoms with E-state index in [9.17, 15) is 0 Å². The van der Waals surface area contributed by atoms with Crippen LogP contribution in [0.5, 0.6) is 0 Å². The van der Waals surface area contributed by atoms with Crippen molar-refractivity contribution in [2.24, 2.45) is 0 Å². The second kappa shape index (κ2) is 5.91. The Kier molecular flexibility index (Phi) is 4.79. The number of aryl methyl sites for hydroxylation is 1. The summed E-state index contributed by atoms with van der Waals surface area (Å²) in [5, 5.41) is 3.14. The SMILES string of the molecule is CNCc1c(C)nc2ccccn12.O=S(=O)(O)O. The maximum atomic E-state index is 8.74. The van der Waals surface area contributed by atoms with Crippen molar-refractivity contribution in [3.05, 3.63) is 35.8 Å². The van der Waals surface area contributed by atoms with Gasteiger partial charge in [-0.2, -0.15) is 8.42 Å². The number of aromatic nitrogens is 2. The highest BCUT2D eigenvalue weighted by atomic mass is 32.3. The molecule has 7 nitrogen and oxygen atoms in total. The Morgan fingerprint density at radius 2 is 2.00 bits per heavy atom. The van der Waals surface area contributed by atoms with Crippen molar-refractivity contribution in [2.45, 2.75) is 13.5 Å². The number of nitrogens with one attached hydrogen (secondary N) is 1. The lowest BCUT2D eigenvalue weighted by Gasteiger charge is -2.00. The van der Waals surface area contributed by atoms with Crippen LogP contribution in [-0.4, -0.2) is 34.0 Å². The predicted octanol–water partition coefficient (Wildman–Crippen LogP) is 0.709. The van der Waals surface area contributed by atoms with E-state index in [1.807, 2.05) is 38.4 Å². The van der Waals surface area contributed by atoms with Gasteiger partial charge in [-0.05, 0) is 26.1 Å². The van der Waals surface area contributed by atoms with E-state index in [4.69, 9.17) is 17.5 Å². The molecular weight excluding hydrogens is 258 g/mol. The number of rotatable bonds is 2. The lowest BCUT2D eigenvalue weighted by molar-refractivity contribution is 0.381. The van der Waals surface area contributed by atoms with Crippen LogP contribution in [0.4, 0.5) is 0 Å². The first kappa shape index (κ1) is 14.6. The second-order valence-electron chi connectivity index (χ2n) is 3.55. The van der Waals surface area contributed by atoms with E-state index < -0.39 is 10.4 Å². The van der Waals surface area contributed by atoms with Gasteiger partial charge in [-0.1, -0.05) is 6.07 Å². The average molecular weight is 273 g/mol. The minimum absolute atomic E-state index is 0.858. The minimum atomic E-state index is -4.67. The Bertz CT molecular complexity index is 613. The molecule has 100 valence electrons. The maximum Gasteiger partial charge on any atom is 0.394 e. The summed E-state index contributed by atoms with van der Waals surface area (Å²) in [4.78, 5) is 4.45. The number of hydrogen-bond donors (Lipinski definition) is 3. The molecule has 0 saturated carbocycles. The summed E-state index contributed by atoms with van der Waals surface area (Å²) in [5.41, 5.74) is 3.35. The molecule has 0 aliphatic carbocycles. The molecule has 2 aromatic rings. The smallest absolute Gasteiger partial charge is 0.314 e. The van der Waals surface area contributed by atoms with Crippen molar-refractivity contribution in [2.75, 3.05) is 7.05 Å². The molecule has 8 heteroatoms. The van der Waals surface area contributed by atoms with Gasteiger partial charge in [-0.15, -0.1) is 0 Å².